The Hall–Kier alpha value is -3.75. The number of aliphatic hydroxyl groups is 1. The standard InChI is InChI=1S/C30H31N3O5/c1-2-22(17-34)33-26(28(36)32-21-13-12-18-8-6-7-9-19(18)16-21)30-15-14-23(38-30)24(25(30)29(33)37)27(35)31-20-10-4-3-5-11-20/h3-13,16,22-26,34H,2,14-15,17H2,1H3,(H,31,35)(H,32,36)/t22-,23+,24-,25-,26?,30?/m0/s1. The summed E-state index contributed by atoms with van der Waals surface area (Å²) in [6, 6.07) is 21.1. The lowest BCUT2D eigenvalue weighted by molar-refractivity contribution is -0.143. The van der Waals surface area contributed by atoms with E-state index in [0.717, 1.165) is 10.8 Å². The molecule has 3 aliphatic heterocycles. The lowest BCUT2D eigenvalue weighted by atomic mass is 9.70. The Morgan fingerprint density at radius 1 is 1.00 bits per heavy atom. The zero-order valence-corrected chi connectivity index (χ0v) is 21.2. The zero-order chi connectivity index (χ0) is 26.4. The van der Waals surface area contributed by atoms with Crippen molar-refractivity contribution in [2.24, 2.45) is 11.8 Å². The van der Waals surface area contributed by atoms with Crippen LogP contribution in [0.25, 0.3) is 10.8 Å². The quantitative estimate of drug-likeness (QED) is 0.448. The van der Waals surface area contributed by atoms with Gasteiger partial charge in [0.15, 0.2) is 0 Å². The highest BCUT2D eigenvalue weighted by atomic mass is 16.5. The average molecular weight is 514 g/mol. The van der Waals surface area contributed by atoms with Crippen molar-refractivity contribution < 1.29 is 24.2 Å². The molecule has 8 heteroatoms. The first kappa shape index (κ1) is 24.6. The summed E-state index contributed by atoms with van der Waals surface area (Å²) in [4.78, 5) is 43.0. The molecule has 3 heterocycles. The zero-order valence-electron chi connectivity index (χ0n) is 21.2. The summed E-state index contributed by atoms with van der Waals surface area (Å²) in [6.45, 7) is 1.59. The number of nitrogens with one attached hydrogen (secondary N) is 2. The van der Waals surface area contributed by atoms with Crippen molar-refractivity contribution >= 4 is 39.9 Å². The Kier molecular flexibility index (Phi) is 6.16. The Morgan fingerprint density at radius 3 is 2.45 bits per heavy atom. The van der Waals surface area contributed by atoms with E-state index in [1.54, 1.807) is 12.1 Å². The van der Waals surface area contributed by atoms with Crippen LogP contribution in [-0.4, -0.2) is 58.1 Å². The molecule has 3 aliphatic rings. The SMILES string of the molecule is CC[C@@H](CO)N1C(=O)[C@@H]2[C@@H](C(=O)Nc3ccccc3)[C@H]3CCC2(O3)C1C(=O)Nc1ccc2ccccc2c1. The van der Waals surface area contributed by atoms with Gasteiger partial charge in [0.2, 0.25) is 17.7 Å². The molecule has 3 N–H and O–H groups in total. The molecule has 0 aromatic heterocycles. The van der Waals surface area contributed by atoms with Gasteiger partial charge in [-0.1, -0.05) is 55.5 Å². The molecule has 3 aromatic carbocycles. The lowest BCUT2D eigenvalue weighted by Gasteiger charge is -2.36. The number of aliphatic hydroxyl groups excluding tert-OH is 1. The van der Waals surface area contributed by atoms with Gasteiger partial charge in [-0.25, -0.2) is 0 Å². The largest absolute Gasteiger partial charge is 0.394 e. The number of nitrogens with zero attached hydrogens (tertiary/aromatic N) is 1. The third-order valence-electron chi connectivity index (χ3n) is 8.42. The second kappa shape index (κ2) is 9.53. The smallest absolute Gasteiger partial charge is 0.250 e. The first-order valence-electron chi connectivity index (χ1n) is 13.2. The Morgan fingerprint density at radius 2 is 1.71 bits per heavy atom. The van der Waals surface area contributed by atoms with Crippen molar-refractivity contribution in [3.8, 4) is 0 Å². The molecule has 3 fully saturated rings. The molecule has 6 rings (SSSR count). The van der Waals surface area contributed by atoms with Crippen LogP contribution in [0.3, 0.4) is 0 Å². The van der Waals surface area contributed by atoms with Gasteiger partial charge in [0.25, 0.3) is 0 Å². The van der Waals surface area contributed by atoms with E-state index in [2.05, 4.69) is 10.6 Å². The molecular weight excluding hydrogens is 482 g/mol. The van der Waals surface area contributed by atoms with E-state index in [-0.39, 0.29) is 24.3 Å². The van der Waals surface area contributed by atoms with Gasteiger partial charge < -0.3 is 25.4 Å². The highest BCUT2D eigenvalue weighted by Crippen LogP contribution is 2.59. The number of benzene rings is 3. The van der Waals surface area contributed by atoms with Crippen LogP contribution in [0.2, 0.25) is 0 Å². The van der Waals surface area contributed by atoms with Gasteiger partial charge in [0.1, 0.15) is 11.6 Å². The van der Waals surface area contributed by atoms with Crippen molar-refractivity contribution in [2.45, 2.75) is 50.0 Å². The first-order chi connectivity index (χ1) is 18.5. The molecule has 38 heavy (non-hydrogen) atoms. The molecule has 6 atom stereocenters. The maximum absolute atomic E-state index is 14.0. The minimum Gasteiger partial charge on any atom is -0.394 e. The van der Waals surface area contributed by atoms with Crippen LogP contribution in [0, 0.1) is 11.8 Å². The summed E-state index contributed by atoms with van der Waals surface area (Å²) in [6.07, 6.45) is 1.10. The van der Waals surface area contributed by atoms with Crippen LogP contribution >= 0.6 is 0 Å². The minimum atomic E-state index is -1.12. The summed E-state index contributed by atoms with van der Waals surface area (Å²) in [5.41, 5.74) is 0.136. The number of para-hydroxylation sites is 1. The number of amides is 3. The van der Waals surface area contributed by atoms with Crippen LogP contribution in [0.5, 0.6) is 0 Å². The maximum Gasteiger partial charge on any atom is 0.250 e. The molecule has 0 aliphatic carbocycles. The van der Waals surface area contributed by atoms with Gasteiger partial charge in [-0.2, -0.15) is 0 Å². The van der Waals surface area contributed by atoms with Crippen LogP contribution in [0.4, 0.5) is 11.4 Å². The van der Waals surface area contributed by atoms with Crippen LogP contribution < -0.4 is 10.6 Å². The number of carbonyl (C=O) groups is 3. The topological polar surface area (TPSA) is 108 Å². The molecule has 3 amide bonds. The van der Waals surface area contributed by atoms with E-state index < -0.39 is 35.6 Å². The summed E-state index contributed by atoms with van der Waals surface area (Å²) in [5, 5.41) is 18.1. The number of hydrogen-bond donors (Lipinski definition) is 3. The maximum atomic E-state index is 14.0. The van der Waals surface area contributed by atoms with Crippen molar-refractivity contribution in [1.82, 2.24) is 4.90 Å². The predicted molar refractivity (Wildman–Crippen MR) is 143 cm³/mol. The van der Waals surface area contributed by atoms with Crippen LogP contribution in [0.1, 0.15) is 26.2 Å². The van der Waals surface area contributed by atoms with Crippen LogP contribution in [0.15, 0.2) is 72.8 Å². The van der Waals surface area contributed by atoms with Gasteiger partial charge in [-0.05, 0) is 54.3 Å². The van der Waals surface area contributed by atoms with Crippen molar-refractivity contribution in [1.29, 1.82) is 0 Å². The fourth-order valence-electron chi connectivity index (χ4n) is 6.72. The van der Waals surface area contributed by atoms with Crippen LogP contribution in [-0.2, 0) is 19.1 Å². The van der Waals surface area contributed by atoms with E-state index in [9.17, 15) is 19.5 Å². The van der Waals surface area contributed by atoms with Crippen molar-refractivity contribution in [3.63, 3.8) is 0 Å². The molecular formula is C30H31N3O5. The molecule has 3 saturated heterocycles. The summed E-state index contributed by atoms with van der Waals surface area (Å²) < 4.78 is 6.47. The predicted octanol–water partition coefficient (Wildman–Crippen LogP) is 3.56. The van der Waals surface area contributed by atoms with Gasteiger partial charge in [0, 0.05) is 11.4 Å². The van der Waals surface area contributed by atoms with Gasteiger partial charge >= 0.3 is 0 Å². The fourth-order valence-corrected chi connectivity index (χ4v) is 6.72. The van der Waals surface area contributed by atoms with E-state index >= 15 is 0 Å². The summed E-state index contributed by atoms with van der Waals surface area (Å²) in [5.74, 6) is -2.46. The second-order valence-electron chi connectivity index (χ2n) is 10.5. The molecule has 0 saturated carbocycles. The average Bonchev–Trinajstić information content (AvgIpc) is 3.57. The molecule has 1 spiro atoms. The molecule has 2 bridgehead atoms. The molecule has 3 aromatic rings. The Bertz CT molecular complexity index is 1390. The summed E-state index contributed by atoms with van der Waals surface area (Å²) in [7, 11) is 0. The third-order valence-corrected chi connectivity index (χ3v) is 8.42. The normalized spacial score (nSPS) is 28.4. The Labute approximate surface area is 221 Å². The third kappa shape index (κ3) is 3.78. The minimum absolute atomic E-state index is 0.283. The summed E-state index contributed by atoms with van der Waals surface area (Å²) >= 11 is 0. The Balaban J connectivity index is 1.34. The van der Waals surface area contributed by atoms with Crippen molar-refractivity contribution in [3.05, 3.63) is 72.8 Å². The monoisotopic (exact) mass is 513 g/mol. The highest BCUT2D eigenvalue weighted by Gasteiger charge is 2.75. The van der Waals surface area contributed by atoms with Gasteiger partial charge in [-0.15, -0.1) is 0 Å². The molecule has 2 unspecified atom stereocenters. The number of anilines is 2. The van der Waals surface area contributed by atoms with E-state index in [0.29, 0.717) is 30.6 Å². The molecule has 0 radical (unpaired) electrons. The number of fused-ring (bicyclic) bond motifs is 2. The fraction of sp³-hybridized carbons (Fsp3) is 0.367. The van der Waals surface area contributed by atoms with Gasteiger partial charge in [0.05, 0.1) is 30.6 Å². The number of hydrogen-bond acceptors (Lipinski definition) is 5. The molecule has 8 nitrogen and oxygen atoms in total. The van der Waals surface area contributed by atoms with Gasteiger partial charge in [-0.3, -0.25) is 14.4 Å². The van der Waals surface area contributed by atoms with E-state index in [4.69, 9.17) is 4.74 Å². The first-order valence-corrected chi connectivity index (χ1v) is 13.2. The number of likely N-dealkylation sites (tertiary alicyclic amines) is 1. The second-order valence-corrected chi connectivity index (χ2v) is 10.5. The number of rotatable bonds is 7. The molecule has 196 valence electrons. The lowest BCUT2D eigenvalue weighted by Crippen LogP contribution is -2.56. The number of ether oxygens (including phenoxy) is 1. The highest BCUT2D eigenvalue weighted by molar-refractivity contribution is 6.05. The van der Waals surface area contributed by atoms with Crippen molar-refractivity contribution in [2.75, 3.05) is 17.2 Å². The number of carbonyl (C=O) groups excluding carboxylic acids is 3. The van der Waals surface area contributed by atoms with E-state index in [1.807, 2.05) is 67.6 Å². The van der Waals surface area contributed by atoms with E-state index in [1.165, 1.54) is 4.90 Å².